The van der Waals surface area contributed by atoms with Crippen LogP contribution in [-0.4, -0.2) is 24.4 Å². The van der Waals surface area contributed by atoms with Crippen molar-refractivity contribution >= 4 is 0 Å². The molecule has 0 radical (unpaired) electrons. The molecule has 0 spiro atoms. The molecule has 0 amide bonds. The first kappa shape index (κ1) is 11.0. The van der Waals surface area contributed by atoms with E-state index in [2.05, 4.69) is 0 Å². The van der Waals surface area contributed by atoms with Crippen molar-refractivity contribution in [3.63, 3.8) is 0 Å². The number of hydrogen-bond acceptors (Lipinski definition) is 3. The van der Waals surface area contributed by atoms with E-state index in [0.29, 0.717) is 13.0 Å². The summed E-state index contributed by atoms with van der Waals surface area (Å²) < 4.78 is 5.51. The Balaban J connectivity index is 2.54. The van der Waals surface area contributed by atoms with Crippen molar-refractivity contribution in [3.8, 4) is 5.75 Å². The highest BCUT2D eigenvalue weighted by Crippen LogP contribution is 2.13. The molecule has 0 saturated heterocycles. The summed E-state index contributed by atoms with van der Waals surface area (Å²) in [6.45, 7) is 2.62. The van der Waals surface area contributed by atoms with Crippen LogP contribution in [0.4, 0.5) is 0 Å². The average Bonchev–Trinajstić information content (AvgIpc) is 2.21. The summed E-state index contributed by atoms with van der Waals surface area (Å²) in [6, 6.07) is 7.71. The molecule has 0 bridgehead atoms. The van der Waals surface area contributed by atoms with E-state index >= 15 is 0 Å². The number of benzene rings is 1. The van der Waals surface area contributed by atoms with E-state index in [0.717, 1.165) is 11.3 Å². The molecule has 0 fully saturated rings. The maximum absolute atomic E-state index is 8.72. The first-order valence-electron chi connectivity index (χ1n) is 4.82. The summed E-state index contributed by atoms with van der Waals surface area (Å²) in [5, 5.41) is 8.72. The Morgan fingerprint density at radius 3 is 2.50 bits per heavy atom. The second kappa shape index (κ2) is 5.62. The Bertz CT molecular complexity index is 258. The third-order valence-electron chi connectivity index (χ3n) is 1.99. The van der Waals surface area contributed by atoms with Gasteiger partial charge in [-0.05, 0) is 31.0 Å². The number of aliphatic hydroxyl groups is 1. The predicted octanol–water partition coefficient (Wildman–Crippen LogP) is 0.947. The first-order valence-corrected chi connectivity index (χ1v) is 4.82. The standard InChI is InChI=1S/C11H17NO2/c1-9(8-12)14-11-4-2-10(3-5-11)6-7-13/h2-5,9,13H,6-8,12H2,1H3. The monoisotopic (exact) mass is 195 g/mol. The van der Waals surface area contributed by atoms with Gasteiger partial charge in [-0.3, -0.25) is 0 Å². The number of hydrogen-bond donors (Lipinski definition) is 2. The van der Waals surface area contributed by atoms with Crippen LogP contribution in [0.15, 0.2) is 24.3 Å². The second-order valence-corrected chi connectivity index (χ2v) is 3.28. The van der Waals surface area contributed by atoms with E-state index in [4.69, 9.17) is 15.6 Å². The molecule has 0 saturated carbocycles. The molecule has 3 nitrogen and oxygen atoms in total. The van der Waals surface area contributed by atoms with Gasteiger partial charge in [0, 0.05) is 13.2 Å². The summed E-state index contributed by atoms with van der Waals surface area (Å²) in [6.07, 6.45) is 0.728. The van der Waals surface area contributed by atoms with Gasteiger partial charge in [-0.2, -0.15) is 0 Å². The molecule has 0 heterocycles. The summed E-state index contributed by atoms with van der Waals surface area (Å²) >= 11 is 0. The minimum atomic E-state index is 0.0405. The lowest BCUT2D eigenvalue weighted by Crippen LogP contribution is -2.22. The molecule has 3 heteroatoms. The van der Waals surface area contributed by atoms with Gasteiger partial charge < -0.3 is 15.6 Å². The van der Waals surface area contributed by atoms with Crippen LogP contribution in [0, 0.1) is 0 Å². The predicted molar refractivity (Wildman–Crippen MR) is 56.4 cm³/mol. The molecule has 1 rings (SSSR count). The largest absolute Gasteiger partial charge is 0.489 e. The maximum Gasteiger partial charge on any atom is 0.119 e. The van der Waals surface area contributed by atoms with Crippen LogP contribution in [0.2, 0.25) is 0 Å². The lowest BCUT2D eigenvalue weighted by atomic mass is 10.1. The van der Waals surface area contributed by atoms with E-state index in [9.17, 15) is 0 Å². The van der Waals surface area contributed by atoms with Crippen molar-refractivity contribution in [3.05, 3.63) is 29.8 Å². The molecule has 1 atom stereocenters. The Labute approximate surface area is 84.5 Å². The van der Waals surface area contributed by atoms with Crippen LogP contribution in [-0.2, 0) is 6.42 Å². The molecule has 14 heavy (non-hydrogen) atoms. The van der Waals surface area contributed by atoms with E-state index in [1.807, 2.05) is 31.2 Å². The summed E-state index contributed by atoms with van der Waals surface area (Å²) in [7, 11) is 0. The quantitative estimate of drug-likeness (QED) is 0.735. The topological polar surface area (TPSA) is 55.5 Å². The van der Waals surface area contributed by atoms with E-state index in [-0.39, 0.29) is 12.7 Å². The van der Waals surface area contributed by atoms with E-state index < -0.39 is 0 Å². The van der Waals surface area contributed by atoms with Crippen LogP contribution < -0.4 is 10.5 Å². The van der Waals surface area contributed by atoms with Crippen LogP contribution in [0.3, 0.4) is 0 Å². The lowest BCUT2D eigenvalue weighted by Gasteiger charge is -2.12. The Hall–Kier alpha value is -1.06. The zero-order valence-corrected chi connectivity index (χ0v) is 8.44. The van der Waals surface area contributed by atoms with Gasteiger partial charge in [0.2, 0.25) is 0 Å². The van der Waals surface area contributed by atoms with Gasteiger partial charge in [-0.1, -0.05) is 12.1 Å². The summed E-state index contributed by atoms with van der Waals surface area (Å²) in [5.41, 5.74) is 6.55. The average molecular weight is 195 g/mol. The van der Waals surface area contributed by atoms with Gasteiger partial charge in [0.1, 0.15) is 11.9 Å². The van der Waals surface area contributed by atoms with Crippen LogP contribution >= 0.6 is 0 Å². The highest BCUT2D eigenvalue weighted by atomic mass is 16.5. The molecule has 78 valence electrons. The van der Waals surface area contributed by atoms with E-state index in [1.54, 1.807) is 0 Å². The summed E-state index contributed by atoms with van der Waals surface area (Å²) in [4.78, 5) is 0. The molecule has 0 aromatic heterocycles. The van der Waals surface area contributed by atoms with Crippen molar-refractivity contribution < 1.29 is 9.84 Å². The number of aliphatic hydroxyl groups excluding tert-OH is 1. The van der Waals surface area contributed by atoms with Crippen LogP contribution in [0.25, 0.3) is 0 Å². The Kier molecular flexibility index (Phi) is 4.43. The molecular formula is C11H17NO2. The third kappa shape index (κ3) is 3.36. The highest BCUT2D eigenvalue weighted by molar-refractivity contribution is 5.27. The number of ether oxygens (including phenoxy) is 1. The van der Waals surface area contributed by atoms with Gasteiger partial charge in [-0.25, -0.2) is 0 Å². The zero-order valence-electron chi connectivity index (χ0n) is 8.44. The number of nitrogens with two attached hydrogens (primary N) is 1. The number of rotatable bonds is 5. The minimum Gasteiger partial charge on any atom is -0.489 e. The molecule has 1 aromatic rings. The Morgan fingerprint density at radius 1 is 1.36 bits per heavy atom. The molecule has 1 aromatic carbocycles. The summed E-state index contributed by atoms with van der Waals surface area (Å²) in [5.74, 6) is 0.824. The molecular weight excluding hydrogens is 178 g/mol. The molecule has 0 aliphatic carbocycles. The third-order valence-corrected chi connectivity index (χ3v) is 1.99. The van der Waals surface area contributed by atoms with Crippen molar-refractivity contribution in [2.24, 2.45) is 5.73 Å². The fourth-order valence-corrected chi connectivity index (χ4v) is 1.14. The van der Waals surface area contributed by atoms with Gasteiger partial charge in [0.05, 0.1) is 0 Å². The molecule has 0 aliphatic rings. The van der Waals surface area contributed by atoms with Crippen molar-refractivity contribution in [2.45, 2.75) is 19.4 Å². The lowest BCUT2D eigenvalue weighted by molar-refractivity contribution is 0.230. The van der Waals surface area contributed by atoms with Crippen molar-refractivity contribution in [1.82, 2.24) is 0 Å². The van der Waals surface area contributed by atoms with Gasteiger partial charge >= 0.3 is 0 Å². The fraction of sp³-hybridized carbons (Fsp3) is 0.455. The van der Waals surface area contributed by atoms with Gasteiger partial charge in [0.25, 0.3) is 0 Å². The minimum absolute atomic E-state index is 0.0405. The van der Waals surface area contributed by atoms with Gasteiger partial charge in [-0.15, -0.1) is 0 Å². The highest BCUT2D eigenvalue weighted by Gasteiger charge is 2.00. The Morgan fingerprint density at radius 2 is 2.00 bits per heavy atom. The SMILES string of the molecule is CC(CN)Oc1ccc(CCO)cc1. The molecule has 1 unspecified atom stereocenters. The second-order valence-electron chi connectivity index (χ2n) is 3.28. The smallest absolute Gasteiger partial charge is 0.119 e. The van der Waals surface area contributed by atoms with Gasteiger partial charge in [0.15, 0.2) is 0 Å². The van der Waals surface area contributed by atoms with Crippen molar-refractivity contribution in [2.75, 3.05) is 13.2 Å². The maximum atomic E-state index is 8.72. The normalized spacial score (nSPS) is 12.5. The van der Waals surface area contributed by atoms with Crippen molar-refractivity contribution in [1.29, 1.82) is 0 Å². The zero-order chi connectivity index (χ0) is 10.4. The van der Waals surface area contributed by atoms with E-state index in [1.165, 1.54) is 0 Å². The fourth-order valence-electron chi connectivity index (χ4n) is 1.14. The van der Waals surface area contributed by atoms with Crippen LogP contribution in [0.5, 0.6) is 5.75 Å². The van der Waals surface area contributed by atoms with Crippen LogP contribution in [0.1, 0.15) is 12.5 Å². The molecule has 0 aliphatic heterocycles. The first-order chi connectivity index (χ1) is 6.76. The molecule has 3 N–H and O–H groups in total.